The fourth-order valence-electron chi connectivity index (χ4n) is 3.12. The van der Waals surface area contributed by atoms with Gasteiger partial charge < -0.3 is 19.7 Å². The van der Waals surface area contributed by atoms with Crippen LogP contribution in [0.1, 0.15) is 28.1 Å². The Bertz CT molecular complexity index is 776. The second-order valence-corrected chi connectivity index (χ2v) is 6.99. The predicted octanol–water partition coefficient (Wildman–Crippen LogP) is 2.69. The molecule has 1 atom stereocenters. The van der Waals surface area contributed by atoms with Crippen molar-refractivity contribution in [3.8, 4) is 11.5 Å². The third kappa shape index (κ3) is 3.83. The number of thiophene rings is 1. The largest absolute Gasteiger partial charge is 0.493 e. The number of amides is 2. The molecule has 7 heteroatoms. The van der Waals surface area contributed by atoms with Gasteiger partial charge in [-0.3, -0.25) is 9.59 Å². The van der Waals surface area contributed by atoms with Crippen molar-refractivity contribution in [2.75, 3.05) is 20.8 Å². The van der Waals surface area contributed by atoms with Crippen LogP contribution in [0.3, 0.4) is 0 Å². The second-order valence-electron chi connectivity index (χ2n) is 6.04. The normalized spacial score (nSPS) is 16.4. The van der Waals surface area contributed by atoms with Gasteiger partial charge in [-0.15, -0.1) is 11.3 Å². The molecule has 0 unspecified atom stereocenters. The van der Waals surface area contributed by atoms with Gasteiger partial charge in [0.25, 0.3) is 5.91 Å². The van der Waals surface area contributed by atoms with Crippen LogP contribution < -0.4 is 14.8 Å². The highest BCUT2D eigenvalue weighted by Crippen LogP contribution is 2.27. The average Bonchev–Trinajstić information content (AvgIpc) is 3.37. The third-order valence-electron chi connectivity index (χ3n) is 4.46. The molecule has 26 heavy (non-hydrogen) atoms. The summed E-state index contributed by atoms with van der Waals surface area (Å²) in [7, 11) is 3.16. The van der Waals surface area contributed by atoms with Crippen LogP contribution in [0.4, 0.5) is 0 Å². The Morgan fingerprint density at radius 1 is 1.23 bits per heavy atom. The molecule has 6 nitrogen and oxygen atoms in total. The first-order valence-corrected chi connectivity index (χ1v) is 9.35. The summed E-state index contributed by atoms with van der Waals surface area (Å²) in [5.41, 5.74) is 0.908. The van der Waals surface area contributed by atoms with Gasteiger partial charge in [0.15, 0.2) is 11.5 Å². The molecule has 0 bridgehead atoms. The van der Waals surface area contributed by atoms with Crippen molar-refractivity contribution in [3.63, 3.8) is 0 Å². The Kier molecular flexibility index (Phi) is 5.78. The maximum absolute atomic E-state index is 12.6. The molecule has 0 spiro atoms. The van der Waals surface area contributed by atoms with Gasteiger partial charge in [0.2, 0.25) is 5.91 Å². The Balaban J connectivity index is 1.63. The first-order valence-electron chi connectivity index (χ1n) is 8.47. The van der Waals surface area contributed by atoms with Crippen molar-refractivity contribution >= 4 is 23.2 Å². The van der Waals surface area contributed by atoms with Gasteiger partial charge in [-0.05, 0) is 42.0 Å². The van der Waals surface area contributed by atoms with E-state index >= 15 is 0 Å². The van der Waals surface area contributed by atoms with Crippen LogP contribution >= 0.6 is 11.3 Å². The van der Waals surface area contributed by atoms with Crippen molar-refractivity contribution in [2.45, 2.75) is 25.4 Å². The topological polar surface area (TPSA) is 67.9 Å². The van der Waals surface area contributed by atoms with Gasteiger partial charge in [-0.25, -0.2) is 0 Å². The number of benzene rings is 1. The number of nitrogens with zero attached hydrogens (tertiary/aromatic N) is 1. The summed E-state index contributed by atoms with van der Waals surface area (Å²) >= 11 is 1.40. The number of carbonyl (C=O) groups excluding carboxylic acids is 2. The minimum Gasteiger partial charge on any atom is -0.493 e. The van der Waals surface area contributed by atoms with Crippen LogP contribution in [0.5, 0.6) is 11.5 Å². The minimum atomic E-state index is -0.412. The van der Waals surface area contributed by atoms with Gasteiger partial charge in [0.05, 0.1) is 19.1 Å². The van der Waals surface area contributed by atoms with Crippen molar-refractivity contribution in [2.24, 2.45) is 0 Å². The van der Waals surface area contributed by atoms with Crippen molar-refractivity contribution in [1.29, 1.82) is 0 Å². The lowest BCUT2D eigenvalue weighted by molar-refractivity contribution is -0.125. The summed E-state index contributed by atoms with van der Waals surface area (Å²) in [6.45, 7) is 0.988. The molecule has 138 valence electrons. The predicted molar refractivity (Wildman–Crippen MR) is 99.8 cm³/mol. The van der Waals surface area contributed by atoms with Gasteiger partial charge in [-0.2, -0.15) is 0 Å². The Morgan fingerprint density at radius 2 is 2.04 bits per heavy atom. The molecule has 3 rings (SSSR count). The van der Waals surface area contributed by atoms with E-state index in [0.717, 1.165) is 12.0 Å². The number of carbonyl (C=O) groups is 2. The summed E-state index contributed by atoms with van der Waals surface area (Å²) < 4.78 is 10.5. The SMILES string of the molecule is COc1ccc(CNC(=O)[C@@H]2CCCN2C(=O)c2cccs2)cc1OC. The number of ether oxygens (including phenoxy) is 2. The second kappa shape index (κ2) is 8.23. The zero-order chi connectivity index (χ0) is 18.5. The standard InChI is InChI=1S/C19H22N2O4S/c1-24-15-8-7-13(11-16(15)25-2)12-20-18(22)14-5-3-9-21(14)19(23)17-6-4-10-26-17/h4,6-8,10-11,14H,3,5,9,12H2,1-2H3,(H,20,22)/t14-/m0/s1. The highest BCUT2D eigenvalue weighted by molar-refractivity contribution is 7.12. The van der Waals surface area contributed by atoms with Crippen molar-refractivity contribution in [1.82, 2.24) is 10.2 Å². The summed E-state index contributed by atoms with van der Waals surface area (Å²) in [4.78, 5) is 27.5. The van der Waals surface area contributed by atoms with Crippen LogP contribution in [-0.4, -0.2) is 43.5 Å². The van der Waals surface area contributed by atoms with Crippen molar-refractivity contribution < 1.29 is 19.1 Å². The zero-order valence-corrected chi connectivity index (χ0v) is 15.7. The van der Waals surface area contributed by atoms with E-state index in [4.69, 9.17) is 9.47 Å². The Morgan fingerprint density at radius 3 is 2.73 bits per heavy atom. The molecule has 1 aromatic heterocycles. The zero-order valence-electron chi connectivity index (χ0n) is 14.9. The summed E-state index contributed by atoms with van der Waals surface area (Å²) in [5, 5.41) is 4.80. The van der Waals surface area contributed by atoms with Gasteiger partial charge >= 0.3 is 0 Å². The Hall–Kier alpha value is -2.54. The van der Waals surface area contributed by atoms with Gasteiger partial charge in [-0.1, -0.05) is 12.1 Å². The summed E-state index contributed by atoms with van der Waals surface area (Å²) in [6, 6.07) is 8.75. The van der Waals surface area contributed by atoms with E-state index in [2.05, 4.69) is 5.32 Å². The maximum atomic E-state index is 12.6. The molecule has 1 aromatic carbocycles. The molecule has 0 radical (unpaired) electrons. The van der Waals surface area contributed by atoms with Gasteiger partial charge in [0, 0.05) is 13.1 Å². The number of hydrogen-bond donors (Lipinski definition) is 1. The van der Waals surface area contributed by atoms with Crippen LogP contribution in [0.25, 0.3) is 0 Å². The minimum absolute atomic E-state index is 0.0660. The van der Waals surface area contributed by atoms with E-state index in [9.17, 15) is 9.59 Å². The van der Waals surface area contributed by atoms with Crippen LogP contribution in [0.15, 0.2) is 35.7 Å². The highest BCUT2D eigenvalue weighted by Gasteiger charge is 2.34. The van der Waals surface area contributed by atoms with E-state index in [1.807, 2.05) is 29.6 Å². The highest BCUT2D eigenvalue weighted by atomic mass is 32.1. The lowest BCUT2D eigenvalue weighted by atomic mass is 10.1. The molecule has 1 aliphatic heterocycles. The number of hydrogen-bond acceptors (Lipinski definition) is 5. The summed E-state index contributed by atoms with van der Waals surface area (Å²) in [5.74, 6) is 1.08. The lowest BCUT2D eigenvalue weighted by Gasteiger charge is -2.23. The third-order valence-corrected chi connectivity index (χ3v) is 5.32. The molecule has 2 heterocycles. The van der Waals surface area contributed by atoms with Crippen LogP contribution in [0, 0.1) is 0 Å². The smallest absolute Gasteiger partial charge is 0.264 e. The molecular weight excluding hydrogens is 352 g/mol. The van der Waals surface area contributed by atoms with E-state index in [1.165, 1.54) is 11.3 Å². The van der Waals surface area contributed by atoms with Crippen molar-refractivity contribution in [3.05, 3.63) is 46.2 Å². The fourth-order valence-corrected chi connectivity index (χ4v) is 3.80. The molecule has 2 aromatic rings. The van der Waals surface area contributed by atoms with E-state index in [-0.39, 0.29) is 11.8 Å². The molecule has 0 saturated carbocycles. The lowest BCUT2D eigenvalue weighted by Crippen LogP contribution is -2.45. The number of likely N-dealkylation sites (tertiary alicyclic amines) is 1. The monoisotopic (exact) mass is 374 g/mol. The quantitative estimate of drug-likeness (QED) is 0.844. The molecule has 2 amide bonds. The first kappa shape index (κ1) is 18.3. The fraction of sp³-hybridized carbons (Fsp3) is 0.368. The first-order chi connectivity index (χ1) is 12.6. The molecule has 1 fully saturated rings. The van der Waals surface area contributed by atoms with Crippen LogP contribution in [-0.2, 0) is 11.3 Å². The summed E-state index contributed by atoms with van der Waals surface area (Å²) in [6.07, 6.45) is 1.53. The number of rotatable bonds is 6. The van der Waals surface area contributed by atoms with E-state index in [0.29, 0.717) is 35.9 Å². The Labute approximate surface area is 156 Å². The average molecular weight is 374 g/mol. The molecule has 1 saturated heterocycles. The van der Waals surface area contributed by atoms with E-state index in [1.54, 1.807) is 25.2 Å². The van der Waals surface area contributed by atoms with E-state index < -0.39 is 6.04 Å². The molecule has 0 aliphatic carbocycles. The molecular formula is C19H22N2O4S. The van der Waals surface area contributed by atoms with Gasteiger partial charge in [0.1, 0.15) is 6.04 Å². The molecule has 1 aliphatic rings. The molecule has 1 N–H and O–H groups in total. The number of methoxy groups -OCH3 is 2. The maximum Gasteiger partial charge on any atom is 0.264 e. The number of nitrogens with one attached hydrogen (secondary N) is 1. The van der Waals surface area contributed by atoms with Crippen LogP contribution in [0.2, 0.25) is 0 Å².